The number of aromatic carboxylic acids is 1. The van der Waals surface area contributed by atoms with E-state index >= 15 is 8.78 Å². The van der Waals surface area contributed by atoms with Gasteiger partial charge < -0.3 is 25.6 Å². The van der Waals surface area contributed by atoms with Gasteiger partial charge >= 0.3 is 11.9 Å². The number of carboxylic acid groups (broad SMARTS) is 1. The second kappa shape index (κ2) is 10.7. The van der Waals surface area contributed by atoms with Crippen LogP contribution in [0.4, 0.5) is 8.78 Å². The second-order valence-corrected chi connectivity index (χ2v) is 11.0. The number of allylic oxidation sites excluding steroid dienone is 2. The van der Waals surface area contributed by atoms with E-state index in [1.807, 2.05) is 37.3 Å². The zero-order valence-corrected chi connectivity index (χ0v) is 22.5. The number of nitrogens with zero attached hydrogens (tertiary/aromatic N) is 2. The van der Waals surface area contributed by atoms with Crippen molar-refractivity contribution in [2.24, 2.45) is 11.1 Å². The van der Waals surface area contributed by atoms with E-state index < -0.39 is 34.3 Å². The van der Waals surface area contributed by atoms with E-state index in [0.29, 0.717) is 45.3 Å². The number of nitrogens with one attached hydrogen (secondary N) is 1. The number of amides is 1. The fourth-order valence-electron chi connectivity index (χ4n) is 5.56. The summed E-state index contributed by atoms with van der Waals surface area (Å²) in [5.41, 5.74) is 4.59. The maximum absolute atomic E-state index is 16.1. The molecule has 2 aromatic rings. The van der Waals surface area contributed by atoms with Gasteiger partial charge in [0.2, 0.25) is 5.91 Å². The number of hydrogen-bond acceptors (Lipinski definition) is 5. The molecule has 2 heterocycles. The van der Waals surface area contributed by atoms with E-state index in [1.165, 1.54) is 10.6 Å². The molecule has 0 radical (unpaired) electrons. The number of hydrogen-bond donors (Lipinski definition) is 3. The molecule has 210 valence electrons. The monoisotopic (exact) mass is 562 g/mol. The molecule has 8 nitrogen and oxygen atoms in total. The molecule has 1 aromatic carbocycles. The zero-order valence-electron chi connectivity index (χ0n) is 21.7. The van der Waals surface area contributed by atoms with Gasteiger partial charge in [-0.25, -0.2) is 4.79 Å². The fraction of sp³-hybridized carbons (Fsp3) is 0.464. The lowest BCUT2D eigenvalue weighted by atomic mass is 9.89. The van der Waals surface area contributed by atoms with E-state index in [1.54, 1.807) is 4.90 Å². The smallest absolute Gasteiger partial charge is 0.341 e. The minimum absolute atomic E-state index is 0. The molecule has 1 saturated heterocycles. The maximum atomic E-state index is 16.1. The third-order valence-corrected chi connectivity index (χ3v) is 7.84. The van der Waals surface area contributed by atoms with Gasteiger partial charge in [-0.3, -0.25) is 9.59 Å². The van der Waals surface area contributed by atoms with Crippen LogP contribution in [0.15, 0.2) is 53.1 Å². The molecular weight excluding hydrogens is 530 g/mol. The number of likely N-dealkylation sites (tertiary alicyclic amines) is 1. The number of halogens is 3. The summed E-state index contributed by atoms with van der Waals surface area (Å²) in [5.74, 6) is -5.14. The molecule has 11 heteroatoms. The first-order chi connectivity index (χ1) is 18.0. The SMILES string of the molecule is CC1(CNC(=O)C(N)Cc2ccccc2)CCN(C2=CCc3c(n(C4CC4)cc(C(=O)O)c3=O)C2(F)F)C1.Cl. The summed E-state index contributed by atoms with van der Waals surface area (Å²) >= 11 is 0. The number of benzene rings is 1. The highest BCUT2D eigenvalue weighted by molar-refractivity contribution is 5.87. The standard InChI is InChI=1S/C28H32F2N4O4.ClH/c1-27(15-32-25(36)21(31)13-17-5-3-2-4-6-17)11-12-33(16-27)22-10-9-19-23(35)20(26(37)38)14-34(18-7-8-18)24(19)28(22,29)30;/h2-6,10,14,18,21H,7-9,11-13,15-16,31H2,1H3,(H,32,36)(H,37,38);1H. The molecule has 1 amide bonds. The molecule has 5 rings (SSSR count). The van der Waals surface area contributed by atoms with E-state index in [4.69, 9.17) is 5.73 Å². The Morgan fingerprint density at radius 3 is 2.56 bits per heavy atom. The van der Waals surface area contributed by atoms with Crippen LogP contribution in [0.1, 0.15) is 59.4 Å². The van der Waals surface area contributed by atoms with E-state index in [-0.39, 0.29) is 47.7 Å². The van der Waals surface area contributed by atoms with Crippen LogP contribution in [0.3, 0.4) is 0 Å². The molecule has 4 N–H and O–H groups in total. The van der Waals surface area contributed by atoms with Gasteiger partial charge in [0.1, 0.15) is 11.3 Å². The minimum Gasteiger partial charge on any atom is -0.477 e. The maximum Gasteiger partial charge on any atom is 0.341 e. The molecule has 2 aliphatic carbocycles. The predicted molar refractivity (Wildman–Crippen MR) is 144 cm³/mol. The molecule has 39 heavy (non-hydrogen) atoms. The molecule has 0 bridgehead atoms. The Morgan fingerprint density at radius 1 is 1.23 bits per heavy atom. The highest BCUT2D eigenvalue weighted by atomic mass is 35.5. The van der Waals surface area contributed by atoms with Gasteiger partial charge in [-0.05, 0) is 37.7 Å². The number of alkyl halides is 2. The van der Waals surface area contributed by atoms with Gasteiger partial charge in [0.15, 0.2) is 5.43 Å². The summed E-state index contributed by atoms with van der Waals surface area (Å²) in [6.07, 6.45) is 4.71. The van der Waals surface area contributed by atoms with Crippen molar-refractivity contribution in [3.05, 3.63) is 80.9 Å². The first-order valence-corrected chi connectivity index (χ1v) is 12.9. The second-order valence-electron chi connectivity index (χ2n) is 11.0. The topological polar surface area (TPSA) is 118 Å². The average Bonchev–Trinajstić information content (AvgIpc) is 3.65. The quantitative estimate of drug-likeness (QED) is 0.455. The number of carbonyl (C=O) groups excluding carboxylic acids is 1. The number of rotatable bonds is 8. The van der Waals surface area contributed by atoms with Crippen molar-refractivity contribution >= 4 is 24.3 Å². The molecule has 1 saturated carbocycles. The lowest BCUT2D eigenvalue weighted by Crippen LogP contribution is -2.46. The van der Waals surface area contributed by atoms with Crippen LogP contribution < -0.4 is 16.5 Å². The van der Waals surface area contributed by atoms with E-state index in [2.05, 4.69) is 5.32 Å². The normalized spacial score (nSPS) is 22.4. The van der Waals surface area contributed by atoms with E-state index in [9.17, 15) is 19.5 Å². The molecule has 1 aromatic heterocycles. The molecule has 1 aliphatic heterocycles. The summed E-state index contributed by atoms with van der Waals surface area (Å²) in [6.45, 7) is 2.93. The van der Waals surface area contributed by atoms with Crippen molar-refractivity contribution < 1.29 is 23.5 Å². The first-order valence-electron chi connectivity index (χ1n) is 12.9. The number of fused-ring (bicyclic) bond motifs is 1. The van der Waals surface area contributed by atoms with Crippen LogP contribution >= 0.6 is 12.4 Å². The Hall–Kier alpha value is -3.24. The number of carboxylic acids is 1. The van der Waals surface area contributed by atoms with Crippen molar-refractivity contribution in [1.82, 2.24) is 14.8 Å². The van der Waals surface area contributed by atoms with Crippen LogP contribution in [-0.4, -0.2) is 52.1 Å². The van der Waals surface area contributed by atoms with Crippen LogP contribution in [0.5, 0.6) is 0 Å². The fourth-order valence-corrected chi connectivity index (χ4v) is 5.56. The summed E-state index contributed by atoms with van der Waals surface area (Å²) < 4.78 is 33.4. The molecule has 2 fully saturated rings. The first kappa shape index (κ1) is 28.8. The highest BCUT2D eigenvalue weighted by Crippen LogP contribution is 2.48. The summed E-state index contributed by atoms with van der Waals surface area (Å²) in [4.78, 5) is 38.6. The number of pyridine rings is 1. The van der Waals surface area contributed by atoms with Gasteiger partial charge in [-0.1, -0.05) is 43.3 Å². The van der Waals surface area contributed by atoms with Crippen LogP contribution in [0.2, 0.25) is 0 Å². The molecular formula is C28H33ClF2N4O4. The summed E-state index contributed by atoms with van der Waals surface area (Å²) in [5, 5.41) is 12.3. The van der Waals surface area contributed by atoms with Gasteiger partial charge in [-0.2, -0.15) is 8.78 Å². The van der Waals surface area contributed by atoms with Crippen LogP contribution in [0.25, 0.3) is 0 Å². The lowest BCUT2D eigenvalue weighted by molar-refractivity contribution is -0.122. The summed E-state index contributed by atoms with van der Waals surface area (Å²) in [7, 11) is 0. The minimum atomic E-state index is -3.45. The van der Waals surface area contributed by atoms with Crippen LogP contribution in [0, 0.1) is 5.41 Å². The Bertz CT molecular complexity index is 1360. The van der Waals surface area contributed by atoms with Crippen molar-refractivity contribution in [3.63, 3.8) is 0 Å². The van der Waals surface area contributed by atoms with Crippen LogP contribution in [-0.2, 0) is 23.6 Å². The predicted octanol–water partition coefficient (Wildman–Crippen LogP) is 3.23. The largest absolute Gasteiger partial charge is 0.477 e. The Balaban J connectivity index is 0.00000353. The molecule has 0 spiro atoms. The lowest BCUT2D eigenvalue weighted by Gasteiger charge is -2.36. The number of nitrogens with two attached hydrogens (primary N) is 1. The third-order valence-electron chi connectivity index (χ3n) is 7.84. The van der Waals surface area contributed by atoms with Crippen molar-refractivity contribution in [1.29, 1.82) is 0 Å². The summed E-state index contributed by atoms with van der Waals surface area (Å²) in [6, 6.07) is 8.54. The van der Waals surface area contributed by atoms with Gasteiger partial charge in [0, 0.05) is 42.9 Å². The Kier molecular flexibility index (Phi) is 7.91. The number of carbonyl (C=O) groups is 2. The van der Waals surface area contributed by atoms with Crippen molar-refractivity contribution in [2.75, 3.05) is 19.6 Å². The molecule has 2 unspecified atom stereocenters. The van der Waals surface area contributed by atoms with Crippen molar-refractivity contribution in [3.8, 4) is 0 Å². The zero-order chi connectivity index (χ0) is 27.2. The molecule has 3 aliphatic rings. The Morgan fingerprint density at radius 2 is 1.92 bits per heavy atom. The van der Waals surface area contributed by atoms with Crippen molar-refractivity contribution in [2.45, 2.75) is 57.0 Å². The van der Waals surface area contributed by atoms with E-state index in [0.717, 1.165) is 11.8 Å². The van der Waals surface area contributed by atoms with Gasteiger partial charge in [0.05, 0.1) is 11.7 Å². The number of aromatic nitrogens is 1. The average molecular weight is 563 g/mol. The molecule has 2 atom stereocenters. The van der Waals surface area contributed by atoms with Gasteiger partial charge in [0.25, 0.3) is 0 Å². The Labute approximate surface area is 231 Å². The van der Waals surface area contributed by atoms with Gasteiger partial charge in [-0.15, -0.1) is 12.4 Å². The highest BCUT2D eigenvalue weighted by Gasteiger charge is 2.50. The third kappa shape index (κ3) is 5.58.